The van der Waals surface area contributed by atoms with Gasteiger partial charge in [0.05, 0.1) is 0 Å². The van der Waals surface area contributed by atoms with Crippen molar-refractivity contribution in [1.29, 1.82) is 0 Å². The van der Waals surface area contributed by atoms with Gasteiger partial charge in [-0.25, -0.2) is 0 Å². The van der Waals surface area contributed by atoms with E-state index in [1.807, 2.05) is 6.08 Å². The summed E-state index contributed by atoms with van der Waals surface area (Å²) in [5, 5.41) is 0. The summed E-state index contributed by atoms with van der Waals surface area (Å²) in [5.41, 5.74) is 0. The minimum absolute atomic E-state index is 0. The number of hydrogen-bond acceptors (Lipinski definition) is 0. The molecule has 0 aliphatic heterocycles. The van der Waals surface area contributed by atoms with E-state index in [1.165, 1.54) is 0 Å². The van der Waals surface area contributed by atoms with E-state index >= 15 is 0 Å². The molecule has 2 heteroatoms. The normalized spacial score (nSPS) is 6.30. The predicted molar refractivity (Wildman–Crippen MR) is 41.6 cm³/mol. The van der Waals surface area contributed by atoms with E-state index < -0.39 is 0 Å². The SMILES string of the molecule is [C-]#CCCCCC=C.[Cl-].[Mg+2]. The molecule has 0 rings (SSSR count). The second kappa shape index (κ2) is 16.2. The first-order valence-corrected chi connectivity index (χ1v) is 2.92. The van der Waals surface area contributed by atoms with Crippen molar-refractivity contribution in [2.75, 3.05) is 0 Å². The maximum Gasteiger partial charge on any atom is 2.00 e. The van der Waals surface area contributed by atoms with Crippen molar-refractivity contribution in [3.63, 3.8) is 0 Å². The molecule has 0 aromatic rings. The molecule has 0 aromatic carbocycles. The van der Waals surface area contributed by atoms with Crippen LogP contribution in [-0.2, 0) is 0 Å². The van der Waals surface area contributed by atoms with Gasteiger partial charge in [0.15, 0.2) is 0 Å². The van der Waals surface area contributed by atoms with E-state index in [9.17, 15) is 0 Å². The van der Waals surface area contributed by atoms with E-state index in [0.717, 1.165) is 25.7 Å². The van der Waals surface area contributed by atoms with Gasteiger partial charge in [0, 0.05) is 0 Å². The zero-order valence-corrected chi connectivity index (χ0v) is 8.37. The van der Waals surface area contributed by atoms with Gasteiger partial charge in [-0.05, 0) is 25.7 Å². The average Bonchev–Trinajstić information content (AvgIpc) is 1.81. The Hall–Kier alpha value is 0.356. The van der Waals surface area contributed by atoms with Crippen molar-refractivity contribution in [1.82, 2.24) is 0 Å². The van der Waals surface area contributed by atoms with Gasteiger partial charge in [0.2, 0.25) is 0 Å². The Kier molecular flexibility index (Phi) is 27.1. The Morgan fingerprint density at radius 3 is 2.40 bits per heavy atom. The summed E-state index contributed by atoms with van der Waals surface area (Å²) in [6, 6.07) is 0. The summed E-state index contributed by atoms with van der Waals surface area (Å²) in [6.45, 7) is 3.59. The summed E-state index contributed by atoms with van der Waals surface area (Å²) in [5.74, 6) is 2.34. The first-order valence-electron chi connectivity index (χ1n) is 2.92. The molecule has 0 saturated carbocycles. The first kappa shape index (κ1) is 16.8. The number of hydrogen-bond donors (Lipinski definition) is 0. The van der Waals surface area contributed by atoms with Crippen molar-refractivity contribution in [2.45, 2.75) is 25.7 Å². The predicted octanol–water partition coefficient (Wildman–Crippen LogP) is -1.05. The quantitative estimate of drug-likeness (QED) is 0.165. The topological polar surface area (TPSA) is 0 Å². The number of halogens is 1. The van der Waals surface area contributed by atoms with Gasteiger partial charge in [0.1, 0.15) is 0 Å². The maximum atomic E-state index is 6.56. The van der Waals surface area contributed by atoms with Gasteiger partial charge in [-0.1, -0.05) is 6.08 Å². The van der Waals surface area contributed by atoms with Crippen LogP contribution in [0, 0.1) is 12.3 Å². The molecular weight excluding hydrogens is 156 g/mol. The molecule has 0 aliphatic rings. The summed E-state index contributed by atoms with van der Waals surface area (Å²) < 4.78 is 0. The zero-order chi connectivity index (χ0) is 6.24. The van der Waals surface area contributed by atoms with Crippen LogP contribution < -0.4 is 12.4 Å². The molecule has 0 spiro atoms. The zero-order valence-electron chi connectivity index (χ0n) is 6.20. The van der Waals surface area contributed by atoms with E-state index in [0.29, 0.717) is 0 Å². The van der Waals surface area contributed by atoms with Crippen molar-refractivity contribution < 1.29 is 12.4 Å². The van der Waals surface area contributed by atoms with Crippen LogP contribution in [0.25, 0.3) is 0 Å². The minimum atomic E-state index is 0. The molecule has 0 bridgehead atoms. The van der Waals surface area contributed by atoms with E-state index in [2.05, 4.69) is 12.5 Å². The van der Waals surface area contributed by atoms with E-state index in [4.69, 9.17) is 6.42 Å². The molecule has 0 saturated heterocycles. The molecular formula is C8H11ClMg. The van der Waals surface area contributed by atoms with Crippen LogP contribution in [0.4, 0.5) is 0 Å². The molecule has 0 N–H and O–H groups in total. The maximum absolute atomic E-state index is 6.56. The Morgan fingerprint density at radius 1 is 1.40 bits per heavy atom. The van der Waals surface area contributed by atoms with Gasteiger partial charge in [-0.2, -0.15) is 0 Å². The van der Waals surface area contributed by atoms with E-state index in [1.54, 1.807) is 0 Å². The average molecular weight is 167 g/mol. The third-order valence-electron chi connectivity index (χ3n) is 0.960. The molecule has 0 amide bonds. The van der Waals surface area contributed by atoms with Crippen molar-refractivity contribution in [3.8, 4) is 5.92 Å². The van der Waals surface area contributed by atoms with Crippen molar-refractivity contribution in [3.05, 3.63) is 19.1 Å². The number of rotatable bonds is 4. The first-order chi connectivity index (χ1) is 3.91. The van der Waals surface area contributed by atoms with Crippen LogP contribution in [-0.4, -0.2) is 23.1 Å². The molecule has 52 valence electrons. The summed E-state index contributed by atoms with van der Waals surface area (Å²) in [7, 11) is 0. The van der Waals surface area contributed by atoms with Crippen LogP contribution in [0.15, 0.2) is 12.7 Å². The van der Waals surface area contributed by atoms with Crippen LogP contribution in [0.2, 0.25) is 0 Å². The molecule has 0 nitrogen and oxygen atoms in total. The third-order valence-corrected chi connectivity index (χ3v) is 0.960. The fourth-order valence-corrected chi connectivity index (χ4v) is 0.502. The fourth-order valence-electron chi connectivity index (χ4n) is 0.502. The molecule has 0 radical (unpaired) electrons. The fraction of sp³-hybridized carbons (Fsp3) is 0.500. The summed E-state index contributed by atoms with van der Waals surface area (Å²) in [6.07, 6.45) is 12.6. The smallest absolute Gasteiger partial charge is 1.00 e. The summed E-state index contributed by atoms with van der Waals surface area (Å²) in [4.78, 5) is 0. The van der Waals surface area contributed by atoms with Crippen molar-refractivity contribution in [2.24, 2.45) is 0 Å². The Balaban J connectivity index is -0.000000245. The van der Waals surface area contributed by atoms with Gasteiger partial charge < -0.3 is 24.8 Å². The Bertz CT molecular complexity index is 93.9. The van der Waals surface area contributed by atoms with Crippen LogP contribution >= 0.6 is 0 Å². The Morgan fingerprint density at radius 2 is 2.00 bits per heavy atom. The van der Waals surface area contributed by atoms with Gasteiger partial charge >= 0.3 is 23.1 Å². The van der Waals surface area contributed by atoms with Crippen molar-refractivity contribution >= 4 is 23.1 Å². The second-order valence-corrected chi connectivity index (χ2v) is 1.71. The standard InChI is InChI=1S/C8H11.ClH.Mg/c1-3-5-7-8-6-4-2;;/h3H,1,5-8H2;1H;/q-1;;+2/p-1. The molecule has 0 atom stereocenters. The number of allylic oxidation sites excluding steroid dienone is 1. The monoisotopic (exact) mass is 166 g/mol. The number of unbranched alkanes of at least 4 members (excludes halogenated alkanes) is 3. The molecule has 0 heterocycles. The van der Waals surface area contributed by atoms with Crippen LogP contribution in [0.1, 0.15) is 25.7 Å². The van der Waals surface area contributed by atoms with Gasteiger partial charge in [-0.15, -0.1) is 6.58 Å². The molecule has 0 unspecified atom stereocenters. The summed E-state index contributed by atoms with van der Waals surface area (Å²) >= 11 is 0. The molecule has 0 aromatic heterocycles. The second-order valence-electron chi connectivity index (χ2n) is 1.71. The largest absolute Gasteiger partial charge is 2.00 e. The molecule has 0 fully saturated rings. The third kappa shape index (κ3) is 15.8. The minimum Gasteiger partial charge on any atom is -1.00 e. The molecule has 0 aliphatic carbocycles. The van der Waals surface area contributed by atoms with Gasteiger partial charge in [-0.3, -0.25) is 0 Å². The Labute approximate surface area is 86.0 Å². The van der Waals surface area contributed by atoms with E-state index in [-0.39, 0.29) is 35.5 Å². The molecule has 10 heavy (non-hydrogen) atoms. The van der Waals surface area contributed by atoms with Crippen LogP contribution in [0.3, 0.4) is 0 Å². The van der Waals surface area contributed by atoms with Gasteiger partial charge in [0.25, 0.3) is 0 Å². The van der Waals surface area contributed by atoms with Crippen LogP contribution in [0.5, 0.6) is 0 Å².